The summed E-state index contributed by atoms with van der Waals surface area (Å²) in [7, 11) is 0. The van der Waals surface area contributed by atoms with E-state index in [0.29, 0.717) is 56.7 Å². The van der Waals surface area contributed by atoms with Crippen molar-refractivity contribution in [2.75, 3.05) is 6.61 Å². The Labute approximate surface area is 208 Å². The molecule has 168 valence electrons. The maximum absolute atomic E-state index is 12.9. The van der Waals surface area contributed by atoms with Crippen molar-refractivity contribution in [3.63, 3.8) is 0 Å². The first-order valence-corrected chi connectivity index (χ1v) is 11.6. The van der Waals surface area contributed by atoms with Crippen molar-refractivity contribution in [2.24, 2.45) is 0 Å². The number of rotatable bonds is 7. The smallest absolute Gasteiger partial charge is 0.311 e. The third-order valence-corrected chi connectivity index (χ3v) is 5.85. The van der Waals surface area contributed by atoms with Gasteiger partial charge in [-0.2, -0.15) is 0 Å². The van der Waals surface area contributed by atoms with Gasteiger partial charge in [0.2, 0.25) is 0 Å². The number of carbonyl (C=O) groups excluding carboxylic acids is 1. The van der Waals surface area contributed by atoms with Gasteiger partial charge in [0.05, 0.1) is 22.6 Å². The van der Waals surface area contributed by atoms with E-state index in [1.54, 1.807) is 48.5 Å². The molecule has 0 radical (unpaired) electrons. The molecule has 0 bridgehead atoms. The highest BCUT2D eigenvalue weighted by Crippen LogP contribution is 2.28. The van der Waals surface area contributed by atoms with E-state index in [9.17, 15) is 9.59 Å². The summed E-state index contributed by atoms with van der Waals surface area (Å²) in [6.07, 6.45) is 2.01. The van der Waals surface area contributed by atoms with Crippen LogP contribution in [0.5, 0.6) is 11.5 Å². The predicted molar refractivity (Wildman–Crippen MR) is 132 cm³/mol. The molecule has 33 heavy (non-hydrogen) atoms. The summed E-state index contributed by atoms with van der Waals surface area (Å²) in [5, 5.41) is 1.46. The van der Waals surface area contributed by atoms with E-state index >= 15 is 0 Å². The lowest BCUT2D eigenvalue weighted by Gasteiger charge is -2.09. The molecule has 4 aromatic rings. The molecule has 1 aromatic heterocycles. The zero-order valence-corrected chi connectivity index (χ0v) is 20.2. The Hall–Kier alpha value is -2.80. The number of benzene rings is 3. The maximum atomic E-state index is 12.9. The third-order valence-electron chi connectivity index (χ3n) is 4.81. The third kappa shape index (κ3) is 5.77. The van der Waals surface area contributed by atoms with Crippen molar-refractivity contribution in [3.8, 4) is 22.6 Å². The van der Waals surface area contributed by atoms with Gasteiger partial charge >= 0.3 is 5.97 Å². The van der Waals surface area contributed by atoms with Gasteiger partial charge in [0.1, 0.15) is 23.3 Å². The summed E-state index contributed by atoms with van der Waals surface area (Å²) >= 11 is 15.4. The number of ether oxygens (including phenoxy) is 2. The van der Waals surface area contributed by atoms with E-state index in [2.05, 4.69) is 15.9 Å². The first-order chi connectivity index (χ1) is 15.9. The molecule has 0 amide bonds. The highest BCUT2D eigenvalue weighted by molar-refractivity contribution is 9.10. The Morgan fingerprint density at radius 3 is 2.55 bits per heavy atom. The van der Waals surface area contributed by atoms with Crippen LogP contribution < -0.4 is 14.9 Å². The second-order valence-corrected chi connectivity index (χ2v) is 8.90. The highest BCUT2D eigenvalue weighted by Gasteiger charge is 2.12. The summed E-state index contributed by atoms with van der Waals surface area (Å²) in [5.41, 5.74) is 1.28. The van der Waals surface area contributed by atoms with Gasteiger partial charge in [0.25, 0.3) is 0 Å². The SMILES string of the molecule is O=C(CCCOc1ccc(Br)cc1Cl)Oc1ccc2c(=O)c(-c3ccc(Cl)cc3)coc2c1. The lowest BCUT2D eigenvalue weighted by molar-refractivity contribution is -0.134. The summed E-state index contributed by atoms with van der Waals surface area (Å²) in [5.74, 6) is 0.433. The molecule has 0 N–H and O–H groups in total. The number of hydrogen-bond donors (Lipinski definition) is 0. The van der Waals surface area contributed by atoms with Crippen LogP contribution in [0, 0.1) is 0 Å². The number of hydrogen-bond acceptors (Lipinski definition) is 5. The molecule has 0 atom stereocenters. The second kappa shape index (κ2) is 10.4. The number of carbonyl (C=O) groups is 1. The van der Waals surface area contributed by atoms with Gasteiger partial charge in [-0.3, -0.25) is 9.59 Å². The normalized spacial score (nSPS) is 10.9. The lowest BCUT2D eigenvalue weighted by Crippen LogP contribution is -2.10. The molecule has 0 unspecified atom stereocenters. The summed E-state index contributed by atoms with van der Waals surface area (Å²) in [6, 6.07) is 16.9. The van der Waals surface area contributed by atoms with Crippen LogP contribution in [-0.4, -0.2) is 12.6 Å². The van der Waals surface area contributed by atoms with Crippen LogP contribution in [0.3, 0.4) is 0 Å². The Kier molecular flexibility index (Phi) is 7.38. The van der Waals surface area contributed by atoms with E-state index in [1.165, 1.54) is 12.3 Å². The van der Waals surface area contributed by atoms with Gasteiger partial charge in [-0.15, -0.1) is 0 Å². The molecule has 0 aliphatic rings. The Balaban J connectivity index is 1.37. The second-order valence-electron chi connectivity index (χ2n) is 7.14. The van der Waals surface area contributed by atoms with Gasteiger partial charge in [-0.05, 0) is 54.4 Å². The van der Waals surface area contributed by atoms with E-state index in [4.69, 9.17) is 37.1 Å². The average Bonchev–Trinajstić information content (AvgIpc) is 2.79. The molecule has 0 aliphatic heterocycles. The van der Waals surface area contributed by atoms with Crippen LogP contribution in [-0.2, 0) is 4.79 Å². The zero-order valence-electron chi connectivity index (χ0n) is 17.1. The molecule has 0 fully saturated rings. The van der Waals surface area contributed by atoms with Crippen molar-refractivity contribution in [1.29, 1.82) is 0 Å². The summed E-state index contributed by atoms with van der Waals surface area (Å²) in [4.78, 5) is 25.0. The van der Waals surface area contributed by atoms with Gasteiger partial charge < -0.3 is 13.9 Å². The van der Waals surface area contributed by atoms with E-state index in [0.717, 1.165) is 4.47 Å². The maximum Gasteiger partial charge on any atom is 0.311 e. The molecule has 5 nitrogen and oxygen atoms in total. The lowest BCUT2D eigenvalue weighted by atomic mass is 10.1. The first-order valence-electron chi connectivity index (χ1n) is 10.0. The molecule has 4 rings (SSSR count). The number of esters is 1. The molecular weight excluding hydrogens is 531 g/mol. The summed E-state index contributed by atoms with van der Waals surface area (Å²) < 4.78 is 17.5. The zero-order chi connectivity index (χ0) is 23.4. The fourth-order valence-electron chi connectivity index (χ4n) is 3.17. The minimum Gasteiger partial charge on any atom is -0.492 e. The minimum atomic E-state index is -0.417. The van der Waals surface area contributed by atoms with Crippen molar-refractivity contribution < 1.29 is 18.7 Å². The van der Waals surface area contributed by atoms with Gasteiger partial charge in [0.15, 0.2) is 5.43 Å². The van der Waals surface area contributed by atoms with Crippen molar-refractivity contribution in [2.45, 2.75) is 12.8 Å². The highest BCUT2D eigenvalue weighted by atomic mass is 79.9. The monoisotopic (exact) mass is 546 g/mol. The standard InChI is InChI=1S/C25H17BrCl2O5/c26-16-5-10-22(21(28)12-16)31-11-1-2-24(29)33-18-8-9-19-23(13-18)32-14-20(25(19)30)15-3-6-17(27)7-4-15/h3-10,12-14H,1-2,11H2. The van der Waals surface area contributed by atoms with Crippen molar-refractivity contribution in [1.82, 2.24) is 0 Å². The topological polar surface area (TPSA) is 65.7 Å². The van der Waals surface area contributed by atoms with Crippen molar-refractivity contribution in [3.05, 3.63) is 91.7 Å². The fourth-order valence-corrected chi connectivity index (χ4v) is 4.03. The first kappa shape index (κ1) is 23.4. The molecule has 0 spiro atoms. The Morgan fingerprint density at radius 1 is 1.00 bits per heavy atom. The number of fused-ring (bicyclic) bond motifs is 1. The number of halogens is 3. The Morgan fingerprint density at radius 2 is 1.79 bits per heavy atom. The van der Waals surface area contributed by atoms with Crippen LogP contribution in [0.1, 0.15) is 12.8 Å². The molecule has 1 heterocycles. The van der Waals surface area contributed by atoms with Crippen LogP contribution >= 0.6 is 39.1 Å². The van der Waals surface area contributed by atoms with Crippen LogP contribution in [0.25, 0.3) is 22.1 Å². The molecule has 8 heteroatoms. The quantitative estimate of drug-likeness (QED) is 0.138. The van der Waals surface area contributed by atoms with Gasteiger partial charge in [0, 0.05) is 22.0 Å². The van der Waals surface area contributed by atoms with Gasteiger partial charge in [-0.25, -0.2) is 0 Å². The summed E-state index contributed by atoms with van der Waals surface area (Å²) in [6.45, 7) is 0.316. The van der Waals surface area contributed by atoms with E-state index < -0.39 is 5.97 Å². The predicted octanol–water partition coefficient (Wildman–Crippen LogP) is 7.29. The fraction of sp³-hybridized carbons (Fsp3) is 0.120. The van der Waals surface area contributed by atoms with Crippen LogP contribution in [0.2, 0.25) is 10.0 Å². The van der Waals surface area contributed by atoms with Gasteiger partial charge in [-0.1, -0.05) is 51.3 Å². The van der Waals surface area contributed by atoms with Crippen molar-refractivity contribution >= 4 is 56.1 Å². The molecule has 3 aromatic carbocycles. The largest absolute Gasteiger partial charge is 0.492 e. The van der Waals surface area contributed by atoms with E-state index in [-0.39, 0.29) is 11.8 Å². The molecule has 0 saturated heterocycles. The average molecular weight is 548 g/mol. The molecule has 0 aliphatic carbocycles. The van der Waals surface area contributed by atoms with Crippen LogP contribution in [0.4, 0.5) is 0 Å². The Bertz CT molecular complexity index is 1370. The molecule has 0 saturated carbocycles. The van der Waals surface area contributed by atoms with E-state index in [1.807, 2.05) is 6.07 Å². The minimum absolute atomic E-state index is 0.158. The van der Waals surface area contributed by atoms with Crippen LogP contribution in [0.15, 0.2) is 80.6 Å². The molecular formula is C25H17BrCl2O5.